The molecule has 0 radical (unpaired) electrons. The fourth-order valence-electron chi connectivity index (χ4n) is 2.39. The van der Waals surface area contributed by atoms with Gasteiger partial charge in [0, 0.05) is 25.4 Å². The summed E-state index contributed by atoms with van der Waals surface area (Å²) >= 11 is 0. The fourth-order valence-corrected chi connectivity index (χ4v) is 2.39. The van der Waals surface area contributed by atoms with Crippen LogP contribution < -0.4 is 5.32 Å². The molecule has 2 aromatic heterocycles. The Bertz CT molecular complexity index is 492. The average Bonchev–Trinajstić information content (AvgIpc) is 2.98. The summed E-state index contributed by atoms with van der Waals surface area (Å²) in [5.74, 6) is 0.937. The van der Waals surface area contributed by atoms with Gasteiger partial charge in [0.2, 0.25) is 0 Å². The fraction of sp³-hybridized carbons (Fsp3) is 0.500. The van der Waals surface area contributed by atoms with Gasteiger partial charge in [-0.15, -0.1) is 0 Å². The Morgan fingerprint density at radius 3 is 3.06 bits per heavy atom. The summed E-state index contributed by atoms with van der Waals surface area (Å²) < 4.78 is 3.89. The van der Waals surface area contributed by atoms with E-state index in [-0.39, 0.29) is 0 Å². The average molecular weight is 231 g/mol. The number of nitrogens with one attached hydrogen (secondary N) is 1. The van der Waals surface area contributed by atoms with Gasteiger partial charge in [-0.2, -0.15) is 5.10 Å². The van der Waals surface area contributed by atoms with Crippen molar-refractivity contribution in [2.24, 2.45) is 7.05 Å². The number of aromatic nitrogens is 4. The molecule has 0 aliphatic carbocycles. The van der Waals surface area contributed by atoms with Gasteiger partial charge in [0.05, 0.1) is 11.9 Å². The Labute approximate surface area is 100 Å². The van der Waals surface area contributed by atoms with E-state index in [0.717, 1.165) is 12.4 Å². The maximum Gasteiger partial charge on any atom is 0.160 e. The quantitative estimate of drug-likeness (QED) is 0.850. The molecule has 1 N–H and O–H groups in total. The number of nitrogens with zero attached hydrogens (tertiary/aromatic N) is 4. The normalized spacial score (nSPS) is 20.6. The predicted molar refractivity (Wildman–Crippen MR) is 64.9 cm³/mol. The van der Waals surface area contributed by atoms with E-state index in [9.17, 15) is 0 Å². The SMILES string of the molecule is Cn1ccc(-n2cncc2C2CCCCN2)n1. The lowest BCUT2D eigenvalue weighted by Crippen LogP contribution is -2.28. The van der Waals surface area contributed by atoms with Crippen LogP contribution in [-0.2, 0) is 7.05 Å². The molecule has 0 amide bonds. The van der Waals surface area contributed by atoms with Crippen LogP contribution in [0.3, 0.4) is 0 Å². The number of imidazole rings is 1. The Morgan fingerprint density at radius 2 is 2.35 bits per heavy atom. The lowest BCUT2D eigenvalue weighted by molar-refractivity contribution is 0.401. The van der Waals surface area contributed by atoms with E-state index >= 15 is 0 Å². The van der Waals surface area contributed by atoms with Crippen LogP contribution in [0.2, 0.25) is 0 Å². The Balaban J connectivity index is 1.93. The molecule has 1 aliphatic heterocycles. The molecule has 0 saturated carbocycles. The van der Waals surface area contributed by atoms with Crippen LogP contribution in [0.15, 0.2) is 24.8 Å². The molecule has 0 spiro atoms. The zero-order valence-electron chi connectivity index (χ0n) is 10.0. The van der Waals surface area contributed by atoms with Crippen LogP contribution in [0.1, 0.15) is 31.0 Å². The summed E-state index contributed by atoms with van der Waals surface area (Å²) in [7, 11) is 1.93. The minimum Gasteiger partial charge on any atom is -0.309 e. The molecule has 3 rings (SSSR count). The highest BCUT2D eigenvalue weighted by molar-refractivity contribution is 5.25. The second-order valence-electron chi connectivity index (χ2n) is 4.54. The van der Waals surface area contributed by atoms with E-state index in [0.29, 0.717) is 6.04 Å². The van der Waals surface area contributed by atoms with Crippen molar-refractivity contribution in [1.82, 2.24) is 24.6 Å². The first-order chi connectivity index (χ1) is 8.34. The second-order valence-corrected chi connectivity index (χ2v) is 4.54. The Morgan fingerprint density at radius 1 is 1.41 bits per heavy atom. The van der Waals surface area contributed by atoms with Crippen LogP contribution in [0.25, 0.3) is 5.82 Å². The molecule has 1 saturated heterocycles. The van der Waals surface area contributed by atoms with E-state index in [4.69, 9.17) is 0 Å². The van der Waals surface area contributed by atoms with Crippen LogP contribution in [0, 0.1) is 0 Å². The van der Waals surface area contributed by atoms with Gasteiger partial charge in [-0.25, -0.2) is 4.98 Å². The van der Waals surface area contributed by atoms with E-state index in [1.54, 1.807) is 0 Å². The molecule has 5 heteroatoms. The van der Waals surface area contributed by atoms with Crippen molar-refractivity contribution >= 4 is 0 Å². The molecule has 5 nitrogen and oxygen atoms in total. The van der Waals surface area contributed by atoms with E-state index in [1.165, 1.54) is 25.0 Å². The number of piperidine rings is 1. The van der Waals surface area contributed by atoms with E-state index in [2.05, 4.69) is 20.0 Å². The number of hydrogen-bond acceptors (Lipinski definition) is 3. The zero-order valence-corrected chi connectivity index (χ0v) is 10.0. The number of hydrogen-bond donors (Lipinski definition) is 1. The first-order valence-electron chi connectivity index (χ1n) is 6.10. The molecule has 1 fully saturated rings. The van der Waals surface area contributed by atoms with Crippen molar-refractivity contribution in [3.8, 4) is 5.82 Å². The van der Waals surface area contributed by atoms with Gasteiger partial charge in [-0.1, -0.05) is 6.42 Å². The van der Waals surface area contributed by atoms with Crippen molar-refractivity contribution in [2.75, 3.05) is 6.54 Å². The van der Waals surface area contributed by atoms with Gasteiger partial charge >= 0.3 is 0 Å². The van der Waals surface area contributed by atoms with Crippen LogP contribution >= 0.6 is 0 Å². The third kappa shape index (κ3) is 1.98. The van der Waals surface area contributed by atoms with Crippen molar-refractivity contribution in [2.45, 2.75) is 25.3 Å². The minimum atomic E-state index is 0.410. The molecule has 17 heavy (non-hydrogen) atoms. The van der Waals surface area contributed by atoms with Crippen molar-refractivity contribution in [3.63, 3.8) is 0 Å². The maximum absolute atomic E-state index is 4.42. The van der Waals surface area contributed by atoms with Crippen LogP contribution in [0.5, 0.6) is 0 Å². The zero-order chi connectivity index (χ0) is 11.7. The number of rotatable bonds is 2. The molecule has 90 valence electrons. The summed E-state index contributed by atoms with van der Waals surface area (Å²) in [6.45, 7) is 1.10. The third-order valence-corrected chi connectivity index (χ3v) is 3.28. The van der Waals surface area contributed by atoms with Gasteiger partial charge in [-0.3, -0.25) is 9.25 Å². The second kappa shape index (κ2) is 4.33. The molecular formula is C12H17N5. The minimum absolute atomic E-state index is 0.410. The molecular weight excluding hydrogens is 214 g/mol. The third-order valence-electron chi connectivity index (χ3n) is 3.28. The molecule has 1 atom stereocenters. The first kappa shape index (κ1) is 10.5. The van der Waals surface area contributed by atoms with Gasteiger partial charge in [0.1, 0.15) is 6.33 Å². The van der Waals surface area contributed by atoms with Crippen molar-refractivity contribution in [1.29, 1.82) is 0 Å². The topological polar surface area (TPSA) is 47.7 Å². The van der Waals surface area contributed by atoms with Crippen LogP contribution in [-0.4, -0.2) is 25.9 Å². The van der Waals surface area contributed by atoms with Gasteiger partial charge in [0.25, 0.3) is 0 Å². The first-order valence-corrected chi connectivity index (χ1v) is 6.10. The standard InChI is InChI=1S/C12H17N5/c1-16-7-5-12(15-16)17-9-13-8-11(17)10-4-2-3-6-14-10/h5,7-10,14H,2-4,6H2,1H3. The summed E-state index contributed by atoms with van der Waals surface area (Å²) in [4.78, 5) is 4.26. The highest BCUT2D eigenvalue weighted by atomic mass is 15.3. The summed E-state index contributed by atoms with van der Waals surface area (Å²) in [6, 6.07) is 2.42. The number of aryl methyl sites for hydroxylation is 1. The van der Waals surface area contributed by atoms with E-state index < -0.39 is 0 Å². The molecule has 3 heterocycles. The summed E-state index contributed by atoms with van der Waals surface area (Å²) in [5, 5.41) is 7.96. The van der Waals surface area contributed by atoms with Gasteiger partial charge < -0.3 is 5.32 Å². The molecule has 1 unspecified atom stereocenters. The van der Waals surface area contributed by atoms with E-state index in [1.807, 2.05) is 36.5 Å². The van der Waals surface area contributed by atoms with Gasteiger partial charge in [-0.05, 0) is 19.4 Å². The maximum atomic E-state index is 4.42. The smallest absolute Gasteiger partial charge is 0.160 e. The molecule has 1 aliphatic rings. The summed E-state index contributed by atoms with van der Waals surface area (Å²) in [5.41, 5.74) is 1.21. The highest BCUT2D eigenvalue weighted by Crippen LogP contribution is 2.24. The summed E-state index contributed by atoms with van der Waals surface area (Å²) in [6.07, 6.45) is 9.47. The highest BCUT2D eigenvalue weighted by Gasteiger charge is 2.19. The van der Waals surface area contributed by atoms with Crippen LogP contribution in [0.4, 0.5) is 0 Å². The Hall–Kier alpha value is -1.62. The lowest BCUT2D eigenvalue weighted by Gasteiger charge is -2.23. The Kier molecular flexibility index (Phi) is 2.68. The van der Waals surface area contributed by atoms with Crippen molar-refractivity contribution in [3.05, 3.63) is 30.5 Å². The monoisotopic (exact) mass is 231 g/mol. The molecule has 0 bridgehead atoms. The lowest BCUT2D eigenvalue weighted by atomic mass is 10.0. The van der Waals surface area contributed by atoms with Gasteiger partial charge in [0.15, 0.2) is 5.82 Å². The largest absolute Gasteiger partial charge is 0.309 e. The van der Waals surface area contributed by atoms with Crippen molar-refractivity contribution < 1.29 is 0 Å². The molecule has 0 aromatic carbocycles. The molecule has 2 aromatic rings. The predicted octanol–water partition coefficient (Wildman–Crippen LogP) is 1.42.